The SMILES string of the molecule is c1cncc(-c2cc(-c3cccnc3)cc(-c3cc4c5ccccc5c5ncccc5c4c4ccccc34)c2)c1. The van der Waals surface area contributed by atoms with Crippen molar-refractivity contribution in [2.75, 3.05) is 0 Å². The number of rotatable bonds is 3. The van der Waals surface area contributed by atoms with Crippen LogP contribution >= 0.6 is 0 Å². The second-order valence-corrected chi connectivity index (χ2v) is 10.1. The van der Waals surface area contributed by atoms with Crippen LogP contribution < -0.4 is 0 Å². The Hall–Kier alpha value is -5.41. The standard InChI is InChI=1S/C37H23N3/c1-3-12-31-29(10-1)34(21-35-30-11-2-4-13-32(30)37-33(36(31)35)14-7-17-40-37)28-19-26(24-8-5-15-38-22-24)18-27(20-28)25-9-6-16-39-23-25/h1-23H. The molecule has 0 bridgehead atoms. The molecule has 0 saturated heterocycles. The van der Waals surface area contributed by atoms with E-state index in [0.717, 1.165) is 33.3 Å². The summed E-state index contributed by atoms with van der Waals surface area (Å²) in [7, 11) is 0. The van der Waals surface area contributed by atoms with Gasteiger partial charge in [-0.1, -0.05) is 66.7 Å². The van der Waals surface area contributed by atoms with Gasteiger partial charge in [-0.15, -0.1) is 0 Å². The minimum Gasteiger partial charge on any atom is -0.264 e. The van der Waals surface area contributed by atoms with Gasteiger partial charge in [0.1, 0.15) is 0 Å². The summed E-state index contributed by atoms with van der Waals surface area (Å²) < 4.78 is 0. The van der Waals surface area contributed by atoms with Gasteiger partial charge in [0, 0.05) is 52.9 Å². The maximum absolute atomic E-state index is 4.83. The van der Waals surface area contributed by atoms with E-state index in [9.17, 15) is 0 Å². The Labute approximate surface area is 231 Å². The monoisotopic (exact) mass is 509 g/mol. The minimum absolute atomic E-state index is 1.04. The second-order valence-electron chi connectivity index (χ2n) is 10.1. The van der Waals surface area contributed by atoms with E-state index >= 15 is 0 Å². The first-order valence-electron chi connectivity index (χ1n) is 13.4. The van der Waals surface area contributed by atoms with Crippen molar-refractivity contribution in [3.8, 4) is 33.4 Å². The van der Waals surface area contributed by atoms with Crippen LogP contribution in [0.4, 0.5) is 0 Å². The van der Waals surface area contributed by atoms with Gasteiger partial charge in [-0.3, -0.25) is 15.0 Å². The summed E-state index contributed by atoms with van der Waals surface area (Å²) in [6.07, 6.45) is 9.38. The van der Waals surface area contributed by atoms with Crippen LogP contribution in [0.15, 0.2) is 140 Å². The van der Waals surface area contributed by atoms with Crippen LogP contribution in [0.1, 0.15) is 0 Å². The van der Waals surface area contributed by atoms with Crippen LogP contribution in [-0.2, 0) is 0 Å². The second kappa shape index (κ2) is 9.11. The van der Waals surface area contributed by atoms with Crippen molar-refractivity contribution >= 4 is 43.2 Å². The maximum Gasteiger partial charge on any atom is 0.0786 e. The number of fused-ring (bicyclic) bond motifs is 8. The van der Waals surface area contributed by atoms with Gasteiger partial charge in [-0.2, -0.15) is 0 Å². The average molecular weight is 510 g/mol. The molecule has 0 atom stereocenters. The summed E-state index contributed by atoms with van der Waals surface area (Å²) in [5.74, 6) is 0. The molecule has 186 valence electrons. The summed E-state index contributed by atoms with van der Waals surface area (Å²) in [5, 5.41) is 8.50. The quantitative estimate of drug-likeness (QED) is 0.223. The molecule has 0 spiro atoms. The zero-order valence-electron chi connectivity index (χ0n) is 21.6. The smallest absolute Gasteiger partial charge is 0.0786 e. The summed E-state index contributed by atoms with van der Waals surface area (Å²) in [6.45, 7) is 0. The molecule has 0 aliphatic carbocycles. The van der Waals surface area contributed by atoms with Crippen molar-refractivity contribution in [3.63, 3.8) is 0 Å². The van der Waals surface area contributed by atoms with E-state index in [0.29, 0.717) is 0 Å². The summed E-state index contributed by atoms with van der Waals surface area (Å²) >= 11 is 0. The van der Waals surface area contributed by atoms with Crippen LogP contribution in [0.5, 0.6) is 0 Å². The third-order valence-electron chi connectivity index (χ3n) is 7.83. The molecule has 40 heavy (non-hydrogen) atoms. The average Bonchev–Trinajstić information content (AvgIpc) is 3.05. The Morgan fingerprint density at radius 3 is 1.62 bits per heavy atom. The number of aromatic nitrogens is 3. The van der Waals surface area contributed by atoms with Gasteiger partial charge in [0.25, 0.3) is 0 Å². The zero-order valence-corrected chi connectivity index (χ0v) is 21.6. The molecule has 5 aromatic carbocycles. The molecule has 3 heterocycles. The van der Waals surface area contributed by atoms with Crippen molar-refractivity contribution in [3.05, 3.63) is 140 Å². The highest BCUT2D eigenvalue weighted by atomic mass is 14.6. The first-order chi connectivity index (χ1) is 19.8. The lowest BCUT2D eigenvalue weighted by atomic mass is 9.87. The normalized spacial score (nSPS) is 11.5. The molecule has 3 aromatic heterocycles. The van der Waals surface area contributed by atoms with Gasteiger partial charge in [0.15, 0.2) is 0 Å². The predicted octanol–water partition coefficient (Wildman–Crippen LogP) is 9.49. The number of pyridine rings is 3. The van der Waals surface area contributed by atoms with Crippen LogP contribution in [0.25, 0.3) is 76.6 Å². The molecular formula is C37H23N3. The Bertz CT molecular complexity index is 2150. The molecule has 0 N–H and O–H groups in total. The number of nitrogens with zero attached hydrogens (tertiary/aromatic N) is 3. The maximum atomic E-state index is 4.83. The van der Waals surface area contributed by atoms with Crippen molar-refractivity contribution < 1.29 is 0 Å². The van der Waals surface area contributed by atoms with Gasteiger partial charge in [-0.05, 0) is 91.6 Å². The molecule has 0 aliphatic heterocycles. The van der Waals surface area contributed by atoms with Gasteiger partial charge in [0.05, 0.1) is 5.52 Å². The third-order valence-corrected chi connectivity index (χ3v) is 7.83. The first-order valence-corrected chi connectivity index (χ1v) is 13.4. The molecule has 0 aliphatic rings. The summed E-state index contributed by atoms with van der Waals surface area (Å²) in [5.41, 5.74) is 7.83. The molecule has 3 heteroatoms. The lowest BCUT2D eigenvalue weighted by Gasteiger charge is -2.17. The molecule has 0 saturated carbocycles. The molecule has 8 rings (SSSR count). The highest BCUT2D eigenvalue weighted by Crippen LogP contribution is 2.43. The Morgan fingerprint density at radius 2 is 0.950 bits per heavy atom. The highest BCUT2D eigenvalue weighted by Gasteiger charge is 2.16. The molecular weight excluding hydrogens is 486 g/mol. The van der Waals surface area contributed by atoms with E-state index < -0.39 is 0 Å². The Kier molecular flexibility index (Phi) is 5.14. The molecule has 0 radical (unpaired) electrons. The molecule has 3 nitrogen and oxygen atoms in total. The van der Waals surface area contributed by atoms with Gasteiger partial charge in [0.2, 0.25) is 0 Å². The molecule has 0 unspecified atom stereocenters. The fourth-order valence-electron chi connectivity index (χ4n) is 6.05. The Balaban J connectivity index is 1.52. The van der Waals surface area contributed by atoms with Crippen LogP contribution in [0.3, 0.4) is 0 Å². The zero-order chi connectivity index (χ0) is 26.5. The fraction of sp³-hybridized carbons (Fsp3) is 0. The Morgan fingerprint density at radius 1 is 0.375 bits per heavy atom. The summed E-state index contributed by atoms with van der Waals surface area (Å²) in [6, 6.07) is 39.0. The number of hydrogen-bond acceptors (Lipinski definition) is 3. The molecule has 0 fully saturated rings. The third kappa shape index (κ3) is 3.56. The molecule has 8 aromatic rings. The van der Waals surface area contributed by atoms with Crippen LogP contribution in [0.2, 0.25) is 0 Å². The number of benzene rings is 5. The van der Waals surface area contributed by atoms with Crippen molar-refractivity contribution in [2.24, 2.45) is 0 Å². The van der Waals surface area contributed by atoms with Crippen molar-refractivity contribution in [1.82, 2.24) is 15.0 Å². The van der Waals surface area contributed by atoms with E-state index in [1.165, 1.54) is 43.3 Å². The lowest BCUT2D eigenvalue weighted by molar-refractivity contribution is 1.32. The highest BCUT2D eigenvalue weighted by molar-refractivity contribution is 6.32. The van der Waals surface area contributed by atoms with Gasteiger partial charge < -0.3 is 0 Å². The van der Waals surface area contributed by atoms with E-state index in [4.69, 9.17) is 4.98 Å². The predicted molar refractivity (Wildman–Crippen MR) is 166 cm³/mol. The topological polar surface area (TPSA) is 38.7 Å². The van der Waals surface area contributed by atoms with Crippen LogP contribution in [0, 0.1) is 0 Å². The van der Waals surface area contributed by atoms with E-state index in [-0.39, 0.29) is 0 Å². The van der Waals surface area contributed by atoms with Gasteiger partial charge >= 0.3 is 0 Å². The lowest BCUT2D eigenvalue weighted by Crippen LogP contribution is -1.91. The van der Waals surface area contributed by atoms with Gasteiger partial charge in [-0.25, -0.2) is 0 Å². The minimum atomic E-state index is 1.04. The molecule has 0 amide bonds. The fourth-order valence-corrected chi connectivity index (χ4v) is 6.05. The number of hydrogen-bond donors (Lipinski definition) is 0. The van der Waals surface area contributed by atoms with E-state index in [1.54, 1.807) is 0 Å². The van der Waals surface area contributed by atoms with Crippen LogP contribution in [-0.4, -0.2) is 15.0 Å². The van der Waals surface area contributed by atoms with Crippen molar-refractivity contribution in [1.29, 1.82) is 0 Å². The largest absolute Gasteiger partial charge is 0.264 e. The van der Waals surface area contributed by atoms with Crippen molar-refractivity contribution in [2.45, 2.75) is 0 Å². The first kappa shape index (κ1) is 22.6. The summed E-state index contributed by atoms with van der Waals surface area (Å²) in [4.78, 5) is 13.6. The van der Waals surface area contributed by atoms with E-state index in [2.05, 4.69) is 101 Å². The van der Waals surface area contributed by atoms with E-state index in [1.807, 2.05) is 49.2 Å².